The third-order valence-corrected chi connectivity index (χ3v) is 8.18. The highest BCUT2D eigenvalue weighted by Crippen LogP contribution is 2.42. The number of carbonyl (C=O) groups excluding carboxylic acids is 1. The van der Waals surface area contributed by atoms with E-state index in [0.717, 1.165) is 12.8 Å². The Labute approximate surface area is 211 Å². The zero-order valence-corrected chi connectivity index (χ0v) is 21.0. The molecule has 1 aliphatic carbocycles. The zero-order valence-electron chi connectivity index (χ0n) is 20.2. The third-order valence-electron chi connectivity index (χ3n) is 6.26. The molecule has 1 heterocycles. The summed E-state index contributed by atoms with van der Waals surface area (Å²) < 4.78 is 44.2. The molecule has 1 amide bonds. The van der Waals surface area contributed by atoms with Gasteiger partial charge in [0, 0.05) is 25.2 Å². The summed E-state index contributed by atoms with van der Waals surface area (Å²) in [5, 5.41) is 12.3. The number of nitrogens with zero attached hydrogens (tertiary/aromatic N) is 1. The van der Waals surface area contributed by atoms with Crippen LogP contribution in [-0.2, 0) is 24.3 Å². The lowest BCUT2D eigenvalue weighted by atomic mass is 9.96. The van der Waals surface area contributed by atoms with Gasteiger partial charge in [-0.25, -0.2) is 8.42 Å². The van der Waals surface area contributed by atoms with Gasteiger partial charge in [-0.1, -0.05) is 18.2 Å². The number of hydrogen-bond donors (Lipinski definition) is 2. The summed E-state index contributed by atoms with van der Waals surface area (Å²) in [6.45, 7) is -0.326. The molecule has 9 nitrogen and oxygen atoms in total. The van der Waals surface area contributed by atoms with Gasteiger partial charge in [-0.15, -0.1) is 0 Å². The minimum absolute atomic E-state index is 0.0259. The van der Waals surface area contributed by atoms with Gasteiger partial charge in [0.05, 0.1) is 25.2 Å². The molecule has 2 atom stereocenters. The summed E-state index contributed by atoms with van der Waals surface area (Å²) in [6, 6.07) is 15.2. The molecule has 0 aromatic heterocycles. The second kappa shape index (κ2) is 11.9. The Bertz CT molecular complexity index is 1150. The number of aliphatic hydroxyl groups excluding tert-OH is 1. The van der Waals surface area contributed by atoms with E-state index in [9.17, 15) is 18.3 Å². The fraction of sp³-hybridized carbons (Fsp3) is 0.423. The molecule has 10 heteroatoms. The largest absolute Gasteiger partial charge is 0.497 e. The average molecular weight is 517 g/mol. The molecule has 2 aromatic carbocycles. The van der Waals surface area contributed by atoms with Crippen molar-refractivity contribution in [2.45, 2.75) is 30.4 Å². The van der Waals surface area contributed by atoms with Gasteiger partial charge < -0.3 is 24.6 Å². The molecule has 0 radical (unpaired) electrons. The molecule has 2 N–H and O–H groups in total. The number of carbonyl (C=O) groups is 1. The lowest BCUT2D eigenvalue weighted by molar-refractivity contribution is -0.147. The lowest BCUT2D eigenvalue weighted by Gasteiger charge is -2.30. The van der Waals surface area contributed by atoms with Crippen molar-refractivity contribution in [2.75, 3.05) is 38.7 Å². The van der Waals surface area contributed by atoms with E-state index in [2.05, 4.69) is 5.32 Å². The number of ether oxygens (including phenoxy) is 3. The molecule has 0 saturated heterocycles. The molecular weight excluding hydrogens is 484 g/mol. The van der Waals surface area contributed by atoms with Gasteiger partial charge in [-0.2, -0.15) is 4.31 Å². The third kappa shape index (κ3) is 6.64. The Hall–Kier alpha value is -2.92. The van der Waals surface area contributed by atoms with E-state index in [0.29, 0.717) is 23.8 Å². The SMILES string of the molecule is COc1ccc(S(=O)(=O)N(CCO)CCO[C@H]2C[C@@H](C3CC3)C=C(C(=O)Nc3ccccc3)O2)cc1. The van der Waals surface area contributed by atoms with Crippen molar-refractivity contribution in [3.63, 3.8) is 0 Å². The standard InChI is InChI=1S/C26H32N2O7S/c1-33-22-9-11-23(12-10-22)36(31,32)28(13-15-29)14-16-34-25-18-20(19-7-8-19)17-24(35-25)26(30)27-21-5-3-2-4-6-21/h2-6,9-12,17,19-20,25,29H,7-8,13-16,18H2,1H3,(H,27,30)/t20-,25+/m0/s1. The van der Waals surface area contributed by atoms with Gasteiger partial charge >= 0.3 is 0 Å². The predicted octanol–water partition coefficient (Wildman–Crippen LogP) is 2.99. The van der Waals surface area contributed by atoms with Crippen molar-refractivity contribution >= 4 is 21.6 Å². The fourth-order valence-electron chi connectivity index (χ4n) is 4.16. The Kier molecular flexibility index (Phi) is 8.63. The number of rotatable bonds is 12. The van der Waals surface area contributed by atoms with Crippen molar-refractivity contribution in [1.29, 1.82) is 0 Å². The van der Waals surface area contributed by atoms with Crippen LogP contribution in [0.3, 0.4) is 0 Å². The van der Waals surface area contributed by atoms with Crippen molar-refractivity contribution < 1.29 is 32.5 Å². The van der Waals surface area contributed by atoms with Gasteiger partial charge in [0.25, 0.3) is 5.91 Å². The lowest BCUT2D eigenvalue weighted by Crippen LogP contribution is -2.38. The summed E-state index contributed by atoms with van der Waals surface area (Å²) >= 11 is 0. The minimum Gasteiger partial charge on any atom is -0.497 e. The molecule has 1 saturated carbocycles. The van der Waals surface area contributed by atoms with Crippen LogP contribution in [0.1, 0.15) is 19.3 Å². The Morgan fingerprint density at radius 3 is 2.47 bits per heavy atom. The number of hydrogen-bond acceptors (Lipinski definition) is 7. The minimum atomic E-state index is -3.84. The number of methoxy groups -OCH3 is 1. The van der Waals surface area contributed by atoms with E-state index >= 15 is 0 Å². The van der Waals surface area contributed by atoms with Crippen LogP contribution in [-0.4, -0.2) is 63.4 Å². The topological polar surface area (TPSA) is 114 Å². The number of benzene rings is 2. The molecule has 2 aliphatic rings. The number of allylic oxidation sites excluding steroid dienone is 1. The van der Waals surface area contributed by atoms with Crippen LogP contribution in [0.25, 0.3) is 0 Å². The summed E-state index contributed by atoms with van der Waals surface area (Å²) in [5.74, 6) is 1.08. The zero-order chi connectivity index (χ0) is 25.5. The second-order valence-corrected chi connectivity index (χ2v) is 10.7. The molecular formula is C26H32N2O7S. The number of nitrogens with one attached hydrogen (secondary N) is 1. The monoisotopic (exact) mass is 516 g/mol. The van der Waals surface area contributed by atoms with Crippen LogP contribution in [0.4, 0.5) is 5.69 Å². The highest BCUT2D eigenvalue weighted by Gasteiger charge is 2.37. The second-order valence-electron chi connectivity index (χ2n) is 8.81. The van der Waals surface area contributed by atoms with E-state index in [1.54, 1.807) is 24.3 Å². The smallest absolute Gasteiger partial charge is 0.290 e. The maximum absolute atomic E-state index is 13.1. The molecule has 0 unspecified atom stereocenters. The highest BCUT2D eigenvalue weighted by molar-refractivity contribution is 7.89. The quantitative estimate of drug-likeness (QED) is 0.446. The van der Waals surface area contributed by atoms with E-state index in [4.69, 9.17) is 14.2 Å². The van der Waals surface area contributed by atoms with E-state index in [1.807, 2.05) is 24.3 Å². The van der Waals surface area contributed by atoms with Crippen molar-refractivity contribution in [3.8, 4) is 5.75 Å². The van der Waals surface area contributed by atoms with Crippen LogP contribution < -0.4 is 10.1 Å². The number of amides is 1. The van der Waals surface area contributed by atoms with Crippen molar-refractivity contribution in [1.82, 2.24) is 4.31 Å². The first-order chi connectivity index (χ1) is 17.4. The summed E-state index contributed by atoms with van der Waals surface area (Å²) in [5.41, 5.74) is 0.668. The number of sulfonamides is 1. The molecule has 1 aliphatic heterocycles. The Morgan fingerprint density at radius 2 is 1.83 bits per heavy atom. The molecule has 1 fully saturated rings. The average Bonchev–Trinajstić information content (AvgIpc) is 3.74. The maximum Gasteiger partial charge on any atom is 0.290 e. The van der Waals surface area contributed by atoms with Crippen LogP contribution in [0.15, 0.2) is 71.3 Å². The van der Waals surface area contributed by atoms with Gasteiger partial charge in [0.2, 0.25) is 16.3 Å². The Morgan fingerprint density at radius 1 is 1.11 bits per heavy atom. The van der Waals surface area contributed by atoms with Gasteiger partial charge in [0.15, 0.2) is 5.76 Å². The van der Waals surface area contributed by atoms with E-state index in [1.165, 1.54) is 23.5 Å². The van der Waals surface area contributed by atoms with Crippen LogP contribution in [0, 0.1) is 11.8 Å². The maximum atomic E-state index is 13.1. The van der Waals surface area contributed by atoms with E-state index < -0.39 is 16.3 Å². The van der Waals surface area contributed by atoms with Gasteiger partial charge in [-0.3, -0.25) is 4.79 Å². The van der Waals surface area contributed by atoms with Gasteiger partial charge in [0.1, 0.15) is 5.75 Å². The van der Waals surface area contributed by atoms with Crippen molar-refractivity contribution in [3.05, 3.63) is 66.4 Å². The molecule has 0 spiro atoms. The van der Waals surface area contributed by atoms with E-state index in [-0.39, 0.29) is 48.8 Å². The Balaban J connectivity index is 1.38. The highest BCUT2D eigenvalue weighted by atomic mass is 32.2. The van der Waals surface area contributed by atoms with Crippen LogP contribution >= 0.6 is 0 Å². The molecule has 0 bridgehead atoms. The van der Waals surface area contributed by atoms with Crippen molar-refractivity contribution in [2.24, 2.45) is 11.8 Å². The first kappa shape index (κ1) is 26.2. The summed E-state index contributed by atoms with van der Waals surface area (Å²) in [7, 11) is -2.34. The number of aliphatic hydroxyl groups is 1. The van der Waals surface area contributed by atoms with Gasteiger partial charge in [-0.05, 0) is 67.2 Å². The predicted molar refractivity (Wildman–Crippen MR) is 134 cm³/mol. The summed E-state index contributed by atoms with van der Waals surface area (Å²) in [6.07, 6.45) is 4.01. The first-order valence-corrected chi connectivity index (χ1v) is 13.5. The first-order valence-electron chi connectivity index (χ1n) is 12.0. The normalized spacial score (nSPS) is 19.9. The van der Waals surface area contributed by atoms with Crippen LogP contribution in [0.5, 0.6) is 5.75 Å². The fourth-order valence-corrected chi connectivity index (χ4v) is 5.57. The number of para-hydroxylation sites is 1. The van der Waals surface area contributed by atoms with Crippen LogP contribution in [0.2, 0.25) is 0 Å². The molecule has 36 heavy (non-hydrogen) atoms. The molecule has 2 aromatic rings. The molecule has 4 rings (SSSR count). The summed E-state index contributed by atoms with van der Waals surface area (Å²) in [4.78, 5) is 12.9. The molecule has 194 valence electrons. The number of anilines is 1.